The van der Waals surface area contributed by atoms with Gasteiger partial charge >= 0.3 is 0 Å². The summed E-state index contributed by atoms with van der Waals surface area (Å²) in [5.74, 6) is 0.630. The number of hydrogen-bond donors (Lipinski definition) is 1. The van der Waals surface area contributed by atoms with Crippen LogP contribution in [0.25, 0.3) is 0 Å². The van der Waals surface area contributed by atoms with E-state index in [2.05, 4.69) is 49.2 Å². The van der Waals surface area contributed by atoms with E-state index < -0.39 is 0 Å². The largest absolute Gasteiger partial charge is 0.380 e. The van der Waals surface area contributed by atoms with Gasteiger partial charge in [-0.2, -0.15) is 0 Å². The van der Waals surface area contributed by atoms with Gasteiger partial charge in [-0.1, -0.05) is 13.0 Å². The van der Waals surface area contributed by atoms with E-state index in [1.54, 1.807) is 0 Å². The second kappa shape index (κ2) is 4.71. The molecule has 2 heterocycles. The van der Waals surface area contributed by atoms with E-state index in [9.17, 15) is 0 Å². The van der Waals surface area contributed by atoms with Gasteiger partial charge in [-0.05, 0) is 43.9 Å². The first-order valence-corrected chi connectivity index (χ1v) is 7.30. The molecule has 0 radical (unpaired) electrons. The Morgan fingerprint density at radius 3 is 2.74 bits per heavy atom. The van der Waals surface area contributed by atoms with Crippen molar-refractivity contribution in [1.29, 1.82) is 0 Å². The lowest BCUT2D eigenvalue weighted by molar-refractivity contribution is 0.122. The molecule has 3 rings (SSSR count). The first kappa shape index (κ1) is 12.8. The van der Waals surface area contributed by atoms with Crippen LogP contribution in [-0.2, 0) is 4.74 Å². The van der Waals surface area contributed by atoms with Crippen molar-refractivity contribution in [2.75, 3.05) is 36.5 Å². The summed E-state index contributed by atoms with van der Waals surface area (Å²) in [6.07, 6.45) is 1.19. The van der Waals surface area contributed by atoms with Gasteiger partial charge in [-0.15, -0.1) is 0 Å². The average molecular weight is 260 g/mol. The molecule has 0 saturated carbocycles. The molecule has 1 atom stereocenters. The molecule has 3 nitrogen and oxygen atoms in total. The minimum atomic E-state index is 0.191. The molecule has 19 heavy (non-hydrogen) atoms. The fourth-order valence-electron chi connectivity index (χ4n) is 3.39. The molecular formula is C16H24N2O. The van der Waals surface area contributed by atoms with Gasteiger partial charge in [0.1, 0.15) is 0 Å². The van der Waals surface area contributed by atoms with Crippen molar-refractivity contribution in [3.63, 3.8) is 0 Å². The Balaban J connectivity index is 1.90. The first-order chi connectivity index (χ1) is 9.05. The SMILES string of the molecule is C[C@@H]1CC(C)(C)Nc2cc(N3CCOCC3)ccc21. The third-order valence-electron chi connectivity index (χ3n) is 4.23. The molecule has 2 aliphatic rings. The fourth-order valence-corrected chi connectivity index (χ4v) is 3.39. The first-order valence-electron chi connectivity index (χ1n) is 7.30. The number of fused-ring (bicyclic) bond motifs is 1. The maximum atomic E-state index is 5.43. The van der Waals surface area contributed by atoms with Crippen LogP contribution in [0.5, 0.6) is 0 Å². The summed E-state index contributed by atoms with van der Waals surface area (Å²) in [6, 6.07) is 6.88. The van der Waals surface area contributed by atoms with Crippen LogP contribution >= 0.6 is 0 Å². The van der Waals surface area contributed by atoms with Crippen LogP contribution in [0.1, 0.15) is 38.7 Å². The number of rotatable bonds is 1. The summed E-state index contributed by atoms with van der Waals surface area (Å²) in [5, 5.41) is 3.69. The van der Waals surface area contributed by atoms with Crippen LogP contribution in [0.4, 0.5) is 11.4 Å². The molecule has 1 fully saturated rings. The second-order valence-corrected chi connectivity index (χ2v) is 6.49. The summed E-state index contributed by atoms with van der Waals surface area (Å²) in [5.41, 5.74) is 4.28. The van der Waals surface area contributed by atoms with Crippen molar-refractivity contribution in [3.05, 3.63) is 23.8 Å². The van der Waals surface area contributed by atoms with Crippen molar-refractivity contribution >= 4 is 11.4 Å². The predicted molar refractivity (Wildman–Crippen MR) is 80.2 cm³/mol. The number of ether oxygens (including phenoxy) is 1. The average Bonchev–Trinajstić information content (AvgIpc) is 2.37. The minimum absolute atomic E-state index is 0.191. The van der Waals surface area contributed by atoms with E-state index in [0.29, 0.717) is 5.92 Å². The lowest BCUT2D eigenvalue weighted by Gasteiger charge is -2.38. The molecule has 0 unspecified atom stereocenters. The van der Waals surface area contributed by atoms with Crippen LogP contribution in [0.15, 0.2) is 18.2 Å². The Bertz CT molecular complexity index is 464. The molecule has 104 valence electrons. The number of morpholine rings is 1. The van der Waals surface area contributed by atoms with Crippen LogP contribution in [0.3, 0.4) is 0 Å². The lowest BCUT2D eigenvalue weighted by Crippen LogP contribution is -2.38. The number of nitrogens with one attached hydrogen (secondary N) is 1. The highest BCUT2D eigenvalue weighted by Gasteiger charge is 2.29. The van der Waals surface area contributed by atoms with Crippen LogP contribution in [0, 0.1) is 0 Å². The number of benzene rings is 1. The topological polar surface area (TPSA) is 24.5 Å². The maximum absolute atomic E-state index is 5.43. The maximum Gasteiger partial charge on any atom is 0.0642 e. The summed E-state index contributed by atoms with van der Waals surface area (Å²) in [4.78, 5) is 2.41. The van der Waals surface area contributed by atoms with Crippen LogP contribution < -0.4 is 10.2 Å². The predicted octanol–water partition coefficient (Wildman–Crippen LogP) is 3.22. The highest BCUT2D eigenvalue weighted by molar-refractivity contribution is 5.65. The minimum Gasteiger partial charge on any atom is -0.380 e. The van der Waals surface area contributed by atoms with Gasteiger partial charge in [0.05, 0.1) is 13.2 Å². The normalized spacial score (nSPS) is 25.6. The Kier molecular flexibility index (Phi) is 3.17. The van der Waals surface area contributed by atoms with Gasteiger partial charge in [-0.25, -0.2) is 0 Å². The van der Waals surface area contributed by atoms with Crippen molar-refractivity contribution in [2.24, 2.45) is 0 Å². The fraction of sp³-hybridized carbons (Fsp3) is 0.625. The van der Waals surface area contributed by atoms with E-state index in [1.165, 1.54) is 23.4 Å². The van der Waals surface area contributed by atoms with E-state index >= 15 is 0 Å². The molecule has 3 heteroatoms. The van der Waals surface area contributed by atoms with E-state index in [4.69, 9.17) is 4.74 Å². The molecule has 1 saturated heterocycles. The Morgan fingerprint density at radius 2 is 2.00 bits per heavy atom. The van der Waals surface area contributed by atoms with Gasteiger partial charge in [0.25, 0.3) is 0 Å². The zero-order valence-corrected chi connectivity index (χ0v) is 12.2. The molecule has 0 spiro atoms. The molecule has 0 aliphatic carbocycles. The molecule has 1 aromatic carbocycles. The molecule has 1 aromatic rings. The molecule has 1 N–H and O–H groups in total. The summed E-state index contributed by atoms with van der Waals surface area (Å²) < 4.78 is 5.43. The van der Waals surface area contributed by atoms with Crippen LogP contribution in [-0.4, -0.2) is 31.8 Å². The van der Waals surface area contributed by atoms with Gasteiger partial charge in [0, 0.05) is 30.0 Å². The van der Waals surface area contributed by atoms with Gasteiger partial charge in [-0.3, -0.25) is 0 Å². The third kappa shape index (κ3) is 2.57. The Morgan fingerprint density at radius 1 is 1.26 bits per heavy atom. The van der Waals surface area contributed by atoms with Crippen LogP contribution in [0.2, 0.25) is 0 Å². The standard InChI is InChI=1S/C16H24N2O/c1-12-11-16(2,3)17-15-10-13(4-5-14(12)15)18-6-8-19-9-7-18/h4-5,10,12,17H,6-9,11H2,1-3H3/t12-/m1/s1. The summed E-state index contributed by atoms with van der Waals surface area (Å²) >= 11 is 0. The van der Waals surface area contributed by atoms with E-state index in [1.807, 2.05) is 0 Å². The van der Waals surface area contributed by atoms with E-state index in [0.717, 1.165) is 26.3 Å². The Labute approximate surface area is 115 Å². The Hall–Kier alpha value is -1.22. The van der Waals surface area contributed by atoms with Crippen molar-refractivity contribution in [3.8, 4) is 0 Å². The zero-order chi connectivity index (χ0) is 13.5. The van der Waals surface area contributed by atoms with Crippen molar-refractivity contribution in [1.82, 2.24) is 0 Å². The number of nitrogens with zero attached hydrogens (tertiary/aromatic N) is 1. The lowest BCUT2D eigenvalue weighted by atomic mass is 9.82. The van der Waals surface area contributed by atoms with Gasteiger partial charge in [0.2, 0.25) is 0 Å². The van der Waals surface area contributed by atoms with Crippen molar-refractivity contribution in [2.45, 2.75) is 38.6 Å². The number of anilines is 2. The second-order valence-electron chi connectivity index (χ2n) is 6.49. The van der Waals surface area contributed by atoms with E-state index in [-0.39, 0.29) is 5.54 Å². The highest BCUT2D eigenvalue weighted by atomic mass is 16.5. The summed E-state index contributed by atoms with van der Waals surface area (Å²) in [7, 11) is 0. The third-order valence-corrected chi connectivity index (χ3v) is 4.23. The molecule has 0 amide bonds. The quantitative estimate of drug-likeness (QED) is 0.839. The van der Waals surface area contributed by atoms with Gasteiger partial charge in [0.15, 0.2) is 0 Å². The van der Waals surface area contributed by atoms with Gasteiger partial charge < -0.3 is 15.0 Å². The molecule has 2 aliphatic heterocycles. The highest BCUT2D eigenvalue weighted by Crippen LogP contribution is 2.40. The molecule has 0 aromatic heterocycles. The monoisotopic (exact) mass is 260 g/mol. The summed E-state index contributed by atoms with van der Waals surface area (Å²) in [6.45, 7) is 10.6. The zero-order valence-electron chi connectivity index (χ0n) is 12.2. The molecular weight excluding hydrogens is 236 g/mol. The van der Waals surface area contributed by atoms with Crippen molar-refractivity contribution < 1.29 is 4.74 Å². The number of hydrogen-bond acceptors (Lipinski definition) is 3. The smallest absolute Gasteiger partial charge is 0.0642 e. The molecule has 0 bridgehead atoms.